The minimum Gasteiger partial charge on any atom is -0.504 e. The van der Waals surface area contributed by atoms with Gasteiger partial charge in [-0.1, -0.05) is 31.2 Å². The predicted octanol–water partition coefficient (Wildman–Crippen LogP) is 4.41. The third-order valence-electron chi connectivity index (χ3n) is 3.82. The third kappa shape index (κ3) is 3.91. The van der Waals surface area contributed by atoms with Crippen LogP contribution in [0.4, 0.5) is 5.69 Å². The molecule has 5 nitrogen and oxygen atoms in total. The van der Waals surface area contributed by atoms with Gasteiger partial charge in [0.1, 0.15) is 0 Å². The number of thioether (sulfide) groups is 1. The molecule has 6 heteroatoms. The molecule has 2 aromatic rings. The monoisotopic (exact) mass is 368 g/mol. The van der Waals surface area contributed by atoms with Crippen molar-refractivity contribution in [3.63, 3.8) is 0 Å². The lowest BCUT2D eigenvalue weighted by molar-refractivity contribution is -0.122. The van der Waals surface area contributed by atoms with Crippen LogP contribution in [0.25, 0.3) is 6.08 Å². The molecule has 0 radical (unpaired) electrons. The van der Waals surface area contributed by atoms with Crippen molar-refractivity contribution in [2.75, 3.05) is 13.7 Å². The first-order valence-electron chi connectivity index (χ1n) is 8.34. The lowest BCUT2D eigenvalue weighted by Gasteiger charge is -2.13. The number of rotatable bonds is 5. The van der Waals surface area contributed by atoms with Gasteiger partial charge in [0.05, 0.1) is 17.7 Å². The molecule has 1 N–H and O–H groups in total. The van der Waals surface area contributed by atoms with Gasteiger partial charge in [0.25, 0.3) is 5.91 Å². The molecule has 1 aliphatic rings. The number of aromatic hydroxyl groups is 1. The van der Waals surface area contributed by atoms with Crippen LogP contribution < -0.4 is 4.74 Å². The number of ether oxygens (including phenoxy) is 1. The van der Waals surface area contributed by atoms with Gasteiger partial charge in [0.15, 0.2) is 16.7 Å². The molecule has 3 rings (SSSR count). The number of hydrogen-bond acceptors (Lipinski definition) is 5. The van der Waals surface area contributed by atoms with E-state index in [-0.39, 0.29) is 11.7 Å². The highest BCUT2D eigenvalue weighted by molar-refractivity contribution is 8.18. The number of benzene rings is 2. The summed E-state index contributed by atoms with van der Waals surface area (Å²) in [6.45, 7) is 2.65. The molecule has 134 valence electrons. The number of phenolic OH excluding ortho intramolecular Hbond substituents is 1. The van der Waals surface area contributed by atoms with Gasteiger partial charge in [-0.05, 0) is 54.1 Å². The molecule has 0 atom stereocenters. The normalized spacial score (nSPS) is 17.3. The van der Waals surface area contributed by atoms with Crippen LogP contribution in [0.1, 0.15) is 18.9 Å². The van der Waals surface area contributed by atoms with Gasteiger partial charge in [-0.25, -0.2) is 4.99 Å². The summed E-state index contributed by atoms with van der Waals surface area (Å²) in [6, 6.07) is 14.6. The van der Waals surface area contributed by atoms with E-state index in [1.165, 1.54) is 18.9 Å². The molecular weight excluding hydrogens is 348 g/mol. The number of amides is 1. The van der Waals surface area contributed by atoms with Crippen LogP contribution in [0.2, 0.25) is 0 Å². The summed E-state index contributed by atoms with van der Waals surface area (Å²) < 4.78 is 5.13. The summed E-state index contributed by atoms with van der Waals surface area (Å²) in [7, 11) is 1.50. The molecule has 0 aliphatic carbocycles. The SMILES string of the molecule is CCCN1C(=O)/C(=C\c2ccc(O)c(OC)c2)SC1=Nc1ccccc1. The maximum Gasteiger partial charge on any atom is 0.266 e. The Kier molecular flexibility index (Phi) is 5.63. The number of hydrogen-bond donors (Lipinski definition) is 1. The van der Waals surface area contributed by atoms with Crippen molar-refractivity contribution in [1.29, 1.82) is 0 Å². The Bertz CT molecular complexity index is 863. The maximum absolute atomic E-state index is 12.8. The molecule has 0 spiro atoms. The van der Waals surface area contributed by atoms with E-state index in [1.807, 2.05) is 37.3 Å². The number of carbonyl (C=O) groups excluding carboxylic acids is 1. The number of methoxy groups -OCH3 is 1. The van der Waals surface area contributed by atoms with E-state index in [2.05, 4.69) is 4.99 Å². The molecule has 2 aromatic carbocycles. The van der Waals surface area contributed by atoms with E-state index >= 15 is 0 Å². The Balaban J connectivity index is 1.94. The average molecular weight is 368 g/mol. The van der Waals surface area contributed by atoms with Gasteiger partial charge in [-0.2, -0.15) is 0 Å². The second-order valence-corrected chi connectivity index (χ2v) is 6.74. The van der Waals surface area contributed by atoms with Gasteiger partial charge in [-0.15, -0.1) is 0 Å². The summed E-state index contributed by atoms with van der Waals surface area (Å²) in [5.74, 6) is 0.385. The molecule has 0 saturated carbocycles. The molecule has 1 fully saturated rings. The Hall–Kier alpha value is -2.73. The van der Waals surface area contributed by atoms with E-state index in [4.69, 9.17) is 4.74 Å². The fraction of sp³-hybridized carbons (Fsp3) is 0.200. The fourth-order valence-electron chi connectivity index (χ4n) is 2.56. The second-order valence-electron chi connectivity index (χ2n) is 5.73. The van der Waals surface area contributed by atoms with Crippen molar-refractivity contribution in [3.8, 4) is 11.5 Å². The first-order valence-corrected chi connectivity index (χ1v) is 9.16. The van der Waals surface area contributed by atoms with Gasteiger partial charge in [-0.3, -0.25) is 9.69 Å². The highest BCUT2D eigenvalue weighted by Gasteiger charge is 2.32. The zero-order chi connectivity index (χ0) is 18.5. The Morgan fingerprint density at radius 3 is 2.69 bits per heavy atom. The molecule has 1 amide bonds. The zero-order valence-corrected chi connectivity index (χ0v) is 15.5. The van der Waals surface area contributed by atoms with Crippen LogP contribution in [0.5, 0.6) is 11.5 Å². The number of para-hydroxylation sites is 1. The van der Waals surface area contributed by atoms with Crippen LogP contribution in [0, 0.1) is 0 Å². The molecule has 1 heterocycles. The quantitative estimate of drug-likeness (QED) is 0.794. The van der Waals surface area contributed by atoms with Gasteiger partial charge >= 0.3 is 0 Å². The summed E-state index contributed by atoms with van der Waals surface area (Å²) in [4.78, 5) is 19.7. The van der Waals surface area contributed by atoms with Gasteiger partial charge < -0.3 is 9.84 Å². The summed E-state index contributed by atoms with van der Waals surface area (Å²) >= 11 is 1.36. The summed E-state index contributed by atoms with van der Waals surface area (Å²) in [5, 5.41) is 10.4. The van der Waals surface area contributed by atoms with Crippen LogP contribution >= 0.6 is 11.8 Å². The van der Waals surface area contributed by atoms with Crippen LogP contribution in [0.15, 0.2) is 58.4 Å². The molecular formula is C20H20N2O3S. The number of nitrogens with zero attached hydrogens (tertiary/aromatic N) is 2. The molecule has 1 aliphatic heterocycles. The van der Waals surface area contributed by atoms with Crippen molar-refractivity contribution < 1.29 is 14.6 Å². The van der Waals surface area contributed by atoms with E-state index in [0.717, 1.165) is 17.7 Å². The highest BCUT2D eigenvalue weighted by atomic mass is 32.2. The average Bonchev–Trinajstić information content (AvgIpc) is 2.93. The van der Waals surface area contributed by atoms with Crippen molar-refractivity contribution in [1.82, 2.24) is 4.90 Å². The zero-order valence-electron chi connectivity index (χ0n) is 14.7. The fourth-order valence-corrected chi connectivity index (χ4v) is 3.59. The number of aliphatic imine (C=N–C) groups is 1. The lowest BCUT2D eigenvalue weighted by atomic mass is 10.2. The summed E-state index contributed by atoms with van der Waals surface area (Å²) in [6.07, 6.45) is 2.64. The number of amidine groups is 1. The van der Waals surface area contributed by atoms with E-state index in [1.54, 1.807) is 29.2 Å². The number of carbonyl (C=O) groups is 1. The standard InChI is InChI=1S/C20H20N2O3S/c1-3-11-22-19(24)18(13-14-9-10-16(23)17(12-14)25-2)26-20(22)21-15-7-5-4-6-8-15/h4-10,12-13,23H,3,11H2,1-2H3/b18-13+,21-20?. The van der Waals surface area contributed by atoms with E-state index in [0.29, 0.717) is 22.4 Å². The Morgan fingerprint density at radius 2 is 2.00 bits per heavy atom. The third-order valence-corrected chi connectivity index (χ3v) is 4.82. The Morgan fingerprint density at radius 1 is 1.23 bits per heavy atom. The van der Waals surface area contributed by atoms with Gasteiger partial charge in [0.2, 0.25) is 0 Å². The van der Waals surface area contributed by atoms with E-state index < -0.39 is 0 Å². The minimum atomic E-state index is -0.0569. The van der Waals surface area contributed by atoms with Crippen molar-refractivity contribution >= 4 is 34.6 Å². The smallest absolute Gasteiger partial charge is 0.266 e. The molecule has 0 aromatic heterocycles. The van der Waals surface area contributed by atoms with Crippen LogP contribution in [0.3, 0.4) is 0 Å². The minimum absolute atomic E-state index is 0.0569. The molecule has 0 unspecified atom stereocenters. The van der Waals surface area contributed by atoms with Crippen molar-refractivity contribution in [3.05, 3.63) is 59.0 Å². The summed E-state index contributed by atoms with van der Waals surface area (Å²) in [5.41, 5.74) is 1.60. The maximum atomic E-state index is 12.8. The van der Waals surface area contributed by atoms with E-state index in [9.17, 15) is 9.90 Å². The lowest BCUT2D eigenvalue weighted by Crippen LogP contribution is -2.29. The van der Waals surface area contributed by atoms with Crippen LogP contribution in [-0.4, -0.2) is 34.7 Å². The first-order chi connectivity index (χ1) is 12.6. The largest absolute Gasteiger partial charge is 0.504 e. The highest BCUT2D eigenvalue weighted by Crippen LogP contribution is 2.35. The van der Waals surface area contributed by atoms with Crippen molar-refractivity contribution in [2.45, 2.75) is 13.3 Å². The topological polar surface area (TPSA) is 62.1 Å². The molecule has 1 saturated heterocycles. The molecule has 0 bridgehead atoms. The predicted molar refractivity (Wildman–Crippen MR) is 106 cm³/mol. The number of phenols is 1. The molecule has 26 heavy (non-hydrogen) atoms. The first kappa shape index (κ1) is 18.1. The second kappa shape index (κ2) is 8.10. The van der Waals surface area contributed by atoms with Crippen molar-refractivity contribution in [2.24, 2.45) is 4.99 Å². The van der Waals surface area contributed by atoms with Gasteiger partial charge in [0, 0.05) is 6.54 Å². The Labute approximate surface area is 157 Å². The van der Waals surface area contributed by atoms with Crippen LogP contribution in [-0.2, 0) is 4.79 Å².